The summed E-state index contributed by atoms with van der Waals surface area (Å²) in [5.41, 5.74) is 4.27. The monoisotopic (exact) mass is 405 g/mol. The zero-order chi connectivity index (χ0) is 20.2. The zero-order valence-corrected chi connectivity index (χ0v) is 17.7. The number of rotatable bonds is 7. The number of fused-ring (bicyclic) bond motifs is 1. The Kier molecular flexibility index (Phi) is 5.84. The number of likely N-dealkylation sites (tertiary alicyclic amines) is 1. The minimum absolute atomic E-state index is 0.663. The lowest BCUT2D eigenvalue weighted by Gasteiger charge is -2.26. The molecule has 0 atom stereocenters. The Bertz CT molecular complexity index is 973. The molecule has 0 aliphatic carbocycles. The number of piperidine rings is 1. The molecule has 3 aromatic rings. The summed E-state index contributed by atoms with van der Waals surface area (Å²) in [7, 11) is 0. The predicted octanol–water partition coefficient (Wildman–Crippen LogP) is 4.25. The largest absolute Gasteiger partial charge is 0.477 e. The number of benzene rings is 1. The SMILES string of the molecule is c1cc(-c2cnc3ccc(OCCCN4CCCCC4)nn23)cc(N2CCCC2)c1. The second kappa shape index (κ2) is 9.04. The van der Waals surface area contributed by atoms with E-state index in [1.165, 1.54) is 50.9 Å². The minimum Gasteiger partial charge on any atom is -0.477 e. The lowest BCUT2D eigenvalue weighted by Crippen LogP contribution is -2.31. The molecule has 0 bridgehead atoms. The van der Waals surface area contributed by atoms with Crippen LogP contribution in [0.5, 0.6) is 5.88 Å². The van der Waals surface area contributed by atoms with Gasteiger partial charge in [0.1, 0.15) is 0 Å². The first-order valence-electron chi connectivity index (χ1n) is 11.4. The van der Waals surface area contributed by atoms with Crippen LogP contribution in [0.4, 0.5) is 5.69 Å². The molecule has 2 aliphatic heterocycles. The number of nitrogens with zero attached hydrogens (tertiary/aromatic N) is 5. The van der Waals surface area contributed by atoms with E-state index in [1.54, 1.807) is 0 Å². The van der Waals surface area contributed by atoms with Crippen molar-refractivity contribution in [2.75, 3.05) is 44.2 Å². The first-order valence-corrected chi connectivity index (χ1v) is 11.4. The molecule has 6 nitrogen and oxygen atoms in total. The van der Waals surface area contributed by atoms with Crippen LogP contribution in [0.2, 0.25) is 0 Å². The molecule has 1 aromatic carbocycles. The third kappa shape index (κ3) is 4.29. The van der Waals surface area contributed by atoms with Crippen LogP contribution in [-0.4, -0.2) is 58.8 Å². The maximum atomic E-state index is 5.98. The van der Waals surface area contributed by atoms with Crippen LogP contribution in [0.25, 0.3) is 16.9 Å². The van der Waals surface area contributed by atoms with Gasteiger partial charge in [0, 0.05) is 37.0 Å². The third-order valence-corrected chi connectivity index (χ3v) is 6.27. The Labute approximate surface area is 178 Å². The van der Waals surface area contributed by atoms with Crippen LogP contribution in [0.15, 0.2) is 42.6 Å². The number of hydrogen-bond acceptors (Lipinski definition) is 5. The highest BCUT2D eigenvalue weighted by Gasteiger charge is 2.15. The van der Waals surface area contributed by atoms with Crippen molar-refractivity contribution in [2.45, 2.75) is 38.5 Å². The molecule has 2 aromatic heterocycles. The highest BCUT2D eigenvalue weighted by Crippen LogP contribution is 2.27. The summed E-state index contributed by atoms with van der Waals surface area (Å²) in [6.45, 7) is 6.57. The van der Waals surface area contributed by atoms with Crippen LogP contribution >= 0.6 is 0 Å². The molecule has 0 unspecified atom stereocenters. The standard InChI is InChI=1S/C24H31N5O/c1-2-12-27(13-3-1)14-7-17-30-24-11-10-23-25-19-22(29(23)26-24)20-8-6-9-21(18-20)28-15-4-5-16-28/h6,8-11,18-19H,1-5,7,12-17H2. The molecule has 2 fully saturated rings. The number of anilines is 1. The van der Waals surface area contributed by atoms with E-state index in [4.69, 9.17) is 9.84 Å². The van der Waals surface area contributed by atoms with E-state index in [9.17, 15) is 0 Å². The molecular weight excluding hydrogens is 374 g/mol. The summed E-state index contributed by atoms with van der Waals surface area (Å²) < 4.78 is 7.88. The second-order valence-corrected chi connectivity index (χ2v) is 8.43. The van der Waals surface area contributed by atoms with E-state index < -0.39 is 0 Å². The van der Waals surface area contributed by atoms with Gasteiger partial charge in [0.15, 0.2) is 5.65 Å². The van der Waals surface area contributed by atoms with Gasteiger partial charge in [-0.25, -0.2) is 9.50 Å². The van der Waals surface area contributed by atoms with Crippen molar-refractivity contribution in [3.05, 3.63) is 42.6 Å². The average Bonchev–Trinajstić information content (AvgIpc) is 3.48. The Morgan fingerprint density at radius 1 is 0.900 bits per heavy atom. The van der Waals surface area contributed by atoms with Gasteiger partial charge in [-0.1, -0.05) is 18.6 Å². The molecule has 6 heteroatoms. The lowest BCUT2D eigenvalue weighted by molar-refractivity contribution is 0.202. The van der Waals surface area contributed by atoms with Crippen LogP contribution in [0, 0.1) is 0 Å². The maximum absolute atomic E-state index is 5.98. The average molecular weight is 406 g/mol. The minimum atomic E-state index is 0.663. The van der Waals surface area contributed by atoms with Crippen LogP contribution in [0.1, 0.15) is 38.5 Å². The molecule has 4 heterocycles. The molecule has 2 aliphatic rings. The zero-order valence-electron chi connectivity index (χ0n) is 17.7. The van der Waals surface area contributed by atoms with Gasteiger partial charge in [0.2, 0.25) is 5.88 Å². The molecule has 0 spiro atoms. The van der Waals surface area contributed by atoms with Crippen molar-refractivity contribution in [2.24, 2.45) is 0 Å². The summed E-state index contributed by atoms with van der Waals surface area (Å²) >= 11 is 0. The summed E-state index contributed by atoms with van der Waals surface area (Å²) in [6.07, 6.45) is 9.55. The van der Waals surface area contributed by atoms with Crippen molar-refractivity contribution in [1.82, 2.24) is 19.5 Å². The summed E-state index contributed by atoms with van der Waals surface area (Å²) in [4.78, 5) is 9.55. The Morgan fingerprint density at radius 3 is 2.60 bits per heavy atom. The Morgan fingerprint density at radius 2 is 1.73 bits per heavy atom. The van der Waals surface area contributed by atoms with E-state index >= 15 is 0 Å². The van der Waals surface area contributed by atoms with Gasteiger partial charge >= 0.3 is 0 Å². The third-order valence-electron chi connectivity index (χ3n) is 6.27. The van der Waals surface area contributed by atoms with Crippen molar-refractivity contribution < 1.29 is 4.74 Å². The summed E-state index contributed by atoms with van der Waals surface area (Å²) in [5.74, 6) is 0.663. The molecule has 2 saturated heterocycles. The highest BCUT2D eigenvalue weighted by molar-refractivity contribution is 5.68. The van der Waals surface area contributed by atoms with Crippen LogP contribution in [0.3, 0.4) is 0 Å². The van der Waals surface area contributed by atoms with Gasteiger partial charge in [0.25, 0.3) is 0 Å². The van der Waals surface area contributed by atoms with E-state index in [0.717, 1.165) is 43.0 Å². The molecule has 158 valence electrons. The van der Waals surface area contributed by atoms with Gasteiger partial charge in [0.05, 0.1) is 18.5 Å². The fourth-order valence-corrected chi connectivity index (χ4v) is 4.62. The topological polar surface area (TPSA) is 45.9 Å². The van der Waals surface area contributed by atoms with Crippen LogP contribution < -0.4 is 9.64 Å². The quantitative estimate of drug-likeness (QED) is 0.550. The van der Waals surface area contributed by atoms with Gasteiger partial charge in [-0.05, 0) is 63.4 Å². The molecule has 30 heavy (non-hydrogen) atoms. The number of imidazole rings is 1. The molecule has 0 N–H and O–H groups in total. The van der Waals surface area contributed by atoms with E-state index in [-0.39, 0.29) is 0 Å². The fraction of sp³-hybridized carbons (Fsp3) is 0.500. The molecule has 0 saturated carbocycles. The van der Waals surface area contributed by atoms with Crippen molar-refractivity contribution in [3.8, 4) is 17.1 Å². The number of hydrogen-bond donors (Lipinski definition) is 0. The van der Waals surface area contributed by atoms with Gasteiger partial charge in [-0.2, -0.15) is 0 Å². The normalized spacial score (nSPS) is 17.7. The van der Waals surface area contributed by atoms with Crippen LogP contribution in [-0.2, 0) is 0 Å². The van der Waals surface area contributed by atoms with Gasteiger partial charge in [-0.15, -0.1) is 5.10 Å². The highest BCUT2D eigenvalue weighted by atomic mass is 16.5. The van der Waals surface area contributed by atoms with E-state index in [0.29, 0.717) is 12.5 Å². The van der Waals surface area contributed by atoms with E-state index in [1.807, 2.05) is 22.8 Å². The fourth-order valence-electron chi connectivity index (χ4n) is 4.62. The molecule has 5 rings (SSSR count). The Balaban J connectivity index is 1.28. The Hall–Kier alpha value is -2.60. The molecule has 0 radical (unpaired) electrons. The summed E-state index contributed by atoms with van der Waals surface area (Å²) in [5, 5.41) is 4.73. The number of ether oxygens (including phenoxy) is 1. The number of aromatic nitrogens is 3. The van der Waals surface area contributed by atoms with Crippen molar-refractivity contribution >= 4 is 11.3 Å². The second-order valence-electron chi connectivity index (χ2n) is 8.43. The lowest BCUT2D eigenvalue weighted by atomic mass is 10.1. The van der Waals surface area contributed by atoms with Crippen molar-refractivity contribution in [1.29, 1.82) is 0 Å². The van der Waals surface area contributed by atoms with E-state index in [2.05, 4.69) is 39.0 Å². The summed E-state index contributed by atoms with van der Waals surface area (Å²) in [6, 6.07) is 12.6. The maximum Gasteiger partial charge on any atom is 0.231 e. The predicted molar refractivity (Wildman–Crippen MR) is 120 cm³/mol. The smallest absolute Gasteiger partial charge is 0.231 e. The molecular formula is C24H31N5O. The first kappa shape index (κ1) is 19.4. The molecule has 0 amide bonds. The van der Waals surface area contributed by atoms with Crippen molar-refractivity contribution in [3.63, 3.8) is 0 Å². The first-order chi connectivity index (χ1) is 14.9. The van der Waals surface area contributed by atoms with Gasteiger partial charge < -0.3 is 14.5 Å². The van der Waals surface area contributed by atoms with Gasteiger partial charge in [-0.3, -0.25) is 0 Å².